The van der Waals surface area contributed by atoms with Gasteiger partial charge in [0.1, 0.15) is 6.04 Å². The van der Waals surface area contributed by atoms with Crippen molar-refractivity contribution < 1.29 is 9.59 Å². The highest BCUT2D eigenvalue weighted by Gasteiger charge is 2.29. The summed E-state index contributed by atoms with van der Waals surface area (Å²) in [5.74, 6) is 0.904. The van der Waals surface area contributed by atoms with Gasteiger partial charge in [0.2, 0.25) is 11.8 Å². The summed E-state index contributed by atoms with van der Waals surface area (Å²) in [6.45, 7) is 10.4. The van der Waals surface area contributed by atoms with Crippen molar-refractivity contribution in [2.45, 2.75) is 71.8 Å². The van der Waals surface area contributed by atoms with E-state index in [0.29, 0.717) is 23.7 Å². The first-order valence-corrected chi connectivity index (χ1v) is 12.8. The molecule has 2 aromatic rings. The molecule has 0 saturated carbocycles. The molecular formula is C26H35ClN2O2S. The van der Waals surface area contributed by atoms with E-state index in [1.165, 1.54) is 16.7 Å². The maximum Gasteiger partial charge on any atom is 0.243 e. The summed E-state index contributed by atoms with van der Waals surface area (Å²) in [6.07, 6.45) is 1.38. The Bertz CT molecular complexity index is 898. The Kier molecular flexibility index (Phi) is 10.6. The number of aryl methyl sites for hydroxylation is 2. The summed E-state index contributed by atoms with van der Waals surface area (Å²) in [4.78, 5) is 28.0. The highest BCUT2D eigenvalue weighted by molar-refractivity contribution is 7.99. The van der Waals surface area contributed by atoms with Crippen molar-refractivity contribution in [1.29, 1.82) is 0 Å². The first-order chi connectivity index (χ1) is 15.2. The first kappa shape index (κ1) is 26.3. The van der Waals surface area contributed by atoms with Crippen LogP contribution in [0.3, 0.4) is 0 Å². The lowest BCUT2D eigenvalue weighted by molar-refractivity contribution is -0.139. The van der Waals surface area contributed by atoms with Gasteiger partial charge in [-0.05, 0) is 50.8 Å². The molecule has 4 nitrogen and oxygen atoms in total. The van der Waals surface area contributed by atoms with Crippen molar-refractivity contribution in [3.05, 3.63) is 69.7 Å². The number of halogens is 1. The second kappa shape index (κ2) is 12.9. The number of hydrogen-bond acceptors (Lipinski definition) is 3. The minimum absolute atomic E-state index is 0.0505. The van der Waals surface area contributed by atoms with Crippen LogP contribution in [0.25, 0.3) is 0 Å². The zero-order valence-electron chi connectivity index (χ0n) is 19.8. The fourth-order valence-corrected chi connectivity index (χ4v) is 4.70. The molecule has 2 amide bonds. The Balaban J connectivity index is 2.17. The van der Waals surface area contributed by atoms with Gasteiger partial charge in [-0.3, -0.25) is 9.59 Å². The molecule has 0 heterocycles. The van der Waals surface area contributed by atoms with Gasteiger partial charge in [-0.1, -0.05) is 73.0 Å². The van der Waals surface area contributed by atoms with Crippen LogP contribution in [0.15, 0.2) is 42.5 Å². The van der Waals surface area contributed by atoms with E-state index in [9.17, 15) is 9.59 Å². The molecule has 32 heavy (non-hydrogen) atoms. The van der Waals surface area contributed by atoms with Crippen LogP contribution in [-0.2, 0) is 21.9 Å². The standard InChI is InChI=1S/C26H35ClN2O2S/c1-6-20(5)28-26(31)24(7-2)29(15-22-10-8-9-11-23(22)27)25(30)17-32-16-21-13-18(3)12-19(4)14-21/h8-14,20,24H,6-7,15-17H2,1-5H3,(H,28,31)/t20-,24-/m0/s1. The Morgan fingerprint density at radius 1 is 1.06 bits per heavy atom. The number of nitrogens with one attached hydrogen (secondary N) is 1. The zero-order valence-corrected chi connectivity index (χ0v) is 21.4. The Labute approximate surface area is 202 Å². The lowest BCUT2D eigenvalue weighted by atomic mass is 10.1. The van der Waals surface area contributed by atoms with E-state index < -0.39 is 6.04 Å². The molecule has 0 saturated heterocycles. The first-order valence-electron chi connectivity index (χ1n) is 11.2. The number of hydrogen-bond donors (Lipinski definition) is 1. The minimum atomic E-state index is -0.533. The van der Waals surface area contributed by atoms with Gasteiger partial charge in [-0.2, -0.15) is 0 Å². The molecule has 0 aliphatic rings. The number of rotatable bonds is 11. The van der Waals surface area contributed by atoms with Gasteiger partial charge in [0.25, 0.3) is 0 Å². The van der Waals surface area contributed by atoms with Crippen molar-refractivity contribution in [3.63, 3.8) is 0 Å². The van der Waals surface area contributed by atoms with E-state index in [1.54, 1.807) is 16.7 Å². The molecule has 2 rings (SSSR count). The number of carbonyl (C=O) groups is 2. The van der Waals surface area contributed by atoms with Crippen LogP contribution in [0.5, 0.6) is 0 Å². The fraction of sp³-hybridized carbons (Fsp3) is 0.462. The molecule has 2 atom stereocenters. The van der Waals surface area contributed by atoms with E-state index in [0.717, 1.165) is 17.7 Å². The molecule has 0 aliphatic heterocycles. The van der Waals surface area contributed by atoms with E-state index >= 15 is 0 Å². The molecule has 1 N–H and O–H groups in total. The van der Waals surface area contributed by atoms with E-state index in [1.807, 2.05) is 45.0 Å². The summed E-state index contributed by atoms with van der Waals surface area (Å²) >= 11 is 7.95. The lowest BCUT2D eigenvalue weighted by Gasteiger charge is -2.31. The molecule has 0 unspecified atom stereocenters. The molecule has 0 spiro atoms. The molecular weight excluding hydrogens is 440 g/mol. The summed E-state index contributed by atoms with van der Waals surface area (Å²) in [7, 11) is 0. The van der Waals surface area contributed by atoms with Crippen LogP contribution in [0.4, 0.5) is 0 Å². The lowest BCUT2D eigenvalue weighted by Crippen LogP contribution is -2.51. The SMILES string of the molecule is CC[C@H](C)NC(=O)[C@H](CC)N(Cc1ccccc1Cl)C(=O)CSCc1cc(C)cc(C)c1. The molecule has 2 aromatic carbocycles. The molecule has 0 fully saturated rings. The molecule has 0 radical (unpaired) electrons. The summed E-state index contributed by atoms with van der Waals surface area (Å²) in [6, 6.07) is 13.5. The van der Waals surface area contributed by atoms with Crippen molar-refractivity contribution in [2.75, 3.05) is 5.75 Å². The van der Waals surface area contributed by atoms with Crippen molar-refractivity contribution in [2.24, 2.45) is 0 Å². The smallest absolute Gasteiger partial charge is 0.243 e. The molecule has 0 aliphatic carbocycles. The van der Waals surface area contributed by atoms with Crippen LogP contribution < -0.4 is 5.32 Å². The second-order valence-electron chi connectivity index (χ2n) is 8.34. The third kappa shape index (κ3) is 7.86. The quantitative estimate of drug-likeness (QED) is 0.440. The van der Waals surface area contributed by atoms with Crippen molar-refractivity contribution in [3.8, 4) is 0 Å². The third-order valence-corrected chi connectivity index (χ3v) is 6.82. The van der Waals surface area contributed by atoms with Gasteiger partial charge in [-0.15, -0.1) is 11.8 Å². The molecule has 0 bridgehead atoms. The third-order valence-electron chi connectivity index (χ3n) is 5.46. The van der Waals surface area contributed by atoms with Gasteiger partial charge >= 0.3 is 0 Å². The largest absolute Gasteiger partial charge is 0.352 e. The topological polar surface area (TPSA) is 49.4 Å². The average molecular weight is 475 g/mol. The molecule has 174 valence electrons. The van der Waals surface area contributed by atoms with Crippen molar-refractivity contribution in [1.82, 2.24) is 10.2 Å². The highest BCUT2D eigenvalue weighted by Crippen LogP contribution is 2.22. The maximum absolute atomic E-state index is 13.3. The number of thioether (sulfide) groups is 1. The van der Waals surface area contributed by atoms with E-state index in [-0.39, 0.29) is 17.9 Å². The van der Waals surface area contributed by atoms with Gasteiger partial charge in [0, 0.05) is 23.4 Å². The number of carbonyl (C=O) groups excluding carboxylic acids is 2. The predicted octanol–water partition coefficient (Wildman–Crippen LogP) is 5.91. The summed E-state index contributed by atoms with van der Waals surface area (Å²) in [5, 5.41) is 3.64. The Morgan fingerprint density at radius 3 is 2.31 bits per heavy atom. The normalized spacial score (nSPS) is 12.8. The second-order valence-corrected chi connectivity index (χ2v) is 9.74. The van der Waals surface area contributed by atoms with Crippen LogP contribution in [0.2, 0.25) is 5.02 Å². The average Bonchev–Trinajstić information content (AvgIpc) is 2.74. The number of benzene rings is 2. The Morgan fingerprint density at radius 2 is 1.72 bits per heavy atom. The maximum atomic E-state index is 13.3. The van der Waals surface area contributed by atoms with Crippen LogP contribution in [0, 0.1) is 13.8 Å². The van der Waals surface area contributed by atoms with Gasteiger partial charge in [-0.25, -0.2) is 0 Å². The predicted molar refractivity (Wildman–Crippen MR) is 136 cm³/mol. The Hall–Kier alpha value is -1.98. The van der Waals surface area contributed by atoms with Crippen LogP contribution in [-0.4, -0.2) is 34.6 Å². The van der Waals surface area contributed by atoms with Crippen molar-refractivity contribution >= 4 is 35.2 Å². The summed E-state index contributed by atoms with van der Waals surface area (Å²) < 4.78 is 0. The molecule has 6 heteroatoms. The van der Waals surface area contributed by atoms with Gasteiger partial charge in [0.05, 0.1) is 5.75 Å². The summed E-state index contributed by atoms with van der Waals surface area (Å²) in [5.41, 5.74) is 4.50. The van der Waals surface area contributed by atoms with Crippen LogP contribution in [0.1, 0.15) is 55.9 Å². The molecule has 0 aromatic heterocycles. The van der Waals surface area contributed by atoms with Crippen LogP contribution >= 0.6 is 23.4 Å². The zero-order chi connectivity index (χ0) is 23.7. The number of nitrogens with zero attached hydrogens (tertiary/aromatic N) is 1. The van der Waals surface area contributed by atoms with Gasteiger partial charge < -0.3 is 10.2 Å². The minimum Gasteiger partial charge on any atom is -0.352 e. The fourth-order valence-electron chi connectivity index (χ4n) is 3.66. The van der Waals surface area contributed by atoms with E-state index in [4.69, 9.17) is 11.6 Å². The monoisotopic (exact) mass is 474 g/mol. The highest BCUT2D eigenvalue weighted by atomic mass is 35.5. The van der Waals surface area contributed by atoms with Gasteiger partial charge in [0.15, 0.2) is 0 Å². The van der Waals surface area contributed by atoms with E-state index in [2.05, 4.69) is 37.4 Å². The number of amides is 2.